The number of guanidine groups is 1. The van der Waals surface area contributed by atoms with Gasteiger partial charge in [0, 0.05) is 12.2 Å². The monoisotopic (exact) mass is 386 g/mol. The lowest BCUT2D eigenvalue weighted by molar-refractivity contribution is 0.624. The first-order chi connectivity index (χ1) is 9.33. The predicted molar refractivity (Wildman–Crippen MR) is 89.1 cm³/mol. The van der Waals surface area contributed by atoms with Crippen molar-refractivity contribution in [2.75, 3.05) is 0 Å². The maximum atomic E-state index is 5.90. The molecule has 0 atom stereocenters. The molecule has 0 spiro atoms. The molecule has 0 unspecified atom stereocenters. The number of nitrogens with zero attached hydrogens (tertiary/aromatic N) is 4. The fourth-order valence-electron chi connectivity index (χ4n) is 2.48. The van der Waals surface area contributed by atoms with Gasteiger partial charge in [-0.2, -0.15) is 0 Å². The van der Waals surface area contributed by atoms with Gasteiger partial charge in [0.15, 0.2) is 17.4 Å². The number of rotatable bonds is 3. The van der Waals surface area contributed by atoms with E-state index in [0.717, 1.165) is 11.5 Å². The van der Waals surface area contributed by atoms with E-state index in [2.05, 4.69) is 20.5 Å². The van der Waals surface area contributed by atoms with Crippen molar-refractivity contribution in [3.63, 3.8) is 0 Å². The standard InChI is InChI=1S/C13H18N6.HI/c14-13(16-10-5-1-2-6-10)15-9-12-18-17-11-7-3-4-8-19(11)12;/h3-4,7-8,10H,1-2,5-6,9H2,(H3,14,15,16);1H. The van der Waals surface area contributed by atoms with Crippen molar-refractivity contribution < 1.29 is 0 Å². The molecule has 0 aromatic carbocycles. The minimum absolute atomic E-state index is 0. The third kappa shape index (κ3) is 3.38. The van der Waals surface area contributed by atoms with Gasteiger partial charge < -0.3 is 11.1 Å². The molecule has 1 aliphatic carbocycles. The molecular formula is C13H19IN6. The Hall–Kier alpha value is -1.38. The molecule has 7 heteroatoms. The second kappa shape index (κ2) is 6.87. The predicted octanol–water partition coefficient (Wildman–Crippen LogP) is 1.69. The highest BCUT2D eigenvalue weighted by Gasteiger charge is 2.14. The van der Waals surface area contributed by atoms with Gasteiger partial charge >= 0.3 is 0 Å². The van der Waals surface area contributed by atoms with Crippen LogP contribution >= 0.6 is 24.0 Å². The van der Waals surface area contributed by atoms with Crippen LogP contribution in [0.15, 0.2) is 29.4 Å². The van der Waals surface area contributed by atoms with Crippen LogP contribution in [0.5, 0.6) is 0 Å². The molecule has 6 nitrogen and oxygen atoms in total. The molecule has 108 valence electrons. The summed E-state index contributed by atoms with van der Waals surface area (Å²) in [6.07, 6.45) is 6.86. The average molecular weight is 386 g/mol. The second-order valence-corrected chi connectivity index (χ2v) is 4.87. The van der Waals surface area contributed by atoms with Crippen LogP contribution < -0.4 is 11.1 Å². The maximum absolute atomic E-state index is 5.90. The minimum Gasteiger partial charge on any atom is -0.370 e. The summed E-state index contributed by atoms with van der Waals surface area (Å²) in [5, 5.41) is 11.5. The van der Waals surface area contributed by atoms with Gasteiger partial charge in [-0.05, 0) is 25.0 Å². The number of aromatic nitrogens is 3. The number of aliphatic imine (C=N–C) groups is 1. The van der Waals surface area contributed by atoms with Gasteiger partial charge in [-0.25, -0.2) is 4.99 Å². The lowest BCUT2D eigenvalue weighted by Crippen LogP contribution is -2.38. The fraction of sp³-hybridized carbons (Fsp3) is 0.462. The van der Waals surface area contributed by atoms with E-state index in [1.54, 1.807) is 0 Å². The number of hydrogen-bond donors (Lipinski definition) is 2. The average Bonchev–Trinajstić information content (AvgIpc) is 3.05. The number of fused-ring (bicyclic) bond motifs is 1. The SMILES string of the molecule is I.NC(=NCc1nnc2ccccn12)NC1CCCC1. The first-order valence-corrected chi connectivity index (χ1v) is 6.68. The smallest absolute Gasteiger partial charge is 0.189 e. The Kier molecular flexibility index (Phi) is 5.16. The summed E-state index contributed by atoms with van der Waals surface area (Å²) in [4.78, 5) is 4.34. The Balaban J connectivity index is 0.00000147. The quantitative estimate of drug-likeness (QED) is 0.478. The zero-order valence-corrected chi connectivity index (χ0v) is 13.5. The van der Waals surface area contributed by atoms with E-state index < -0.39 is 0 Å². The van der Waals surface area contributed by atoms with Gasteiger partial charge in [-0.3, -0.25) is 4.40 Å². The van der Waals surface area contributed by atoms with Gasteiger partial charge in [0.05, 0.1) is 0 Å². The first-order valence-electron chi connectivity index (χ1n) is 6.68. The molecule has 3 rings (SSSR count). The third-order valence-electron chi connectivity index (χ3n) is 3.48. The molecule has 2 aromatic rings. The highest BCUT2D eigenvalue weighted by atomic mass is 127. The Labute approximate surface area is 134 Å². The van der Waals surface area contributed by atoms with E-state index >= 15 is 0 Å². The first kappa shape index (κ1) is 15.0. The summed E-state index contributed by atoms with van der Waals surface area (Å²) >= 11 is 0. The molecule has 0 saturated heterocycles. The molecule has 0 radical (unpaired) electrons. The van der Waals surface area contributed by atoms with Crippen LogP contribution in [0.4, 0.5) is 0 Å². The molecule has 2 heterocycles. The summed E-state index contributed by atoms with van der Waals surface area (Å²) in [6.45, 7) is 0.441. The Morgan fingerprint density at radius 1 is 1.35 bits per heavy atom. The van der Waals surface area contributed by atoms with Crippen molar-refractivity contribution in [2.45, 2.75) is 38.3 Å². The van der Waals surface area contributed by atoms with E-state index in [9.17, 15) is 0 Å². The van der Waals surface area contributed by atoms with Gasteiger partial charge in [-0.1, -0.05) is 18.9 Å². The molecule has 1 saturated carbocycles. The molecule has 0 aliphatic heterocycles. The topological polar surface area (TPSA) is 80.6 Å². The van der Waals surface area contributed by atoms with Crippen molar-refractivity contribution in [1.29, 1.82) is 0 Å². The van der Waals surface area contributed by atoms with E-state index in [1.807, 2.05) is 28.8 Å². The van der Waals surface area contributed by atoms with E-state index in [0.29, 0.717) is 18.5 Å². The molecule has 20 heavy (non-hydrogen) atoms. The number of hydrogen-bond acceptors (Lipinski definition) is 3. The summed E-state index contributed by atoms with van der Waals surface area (Å²) in [7, 11) is 0. The van der Waals surface area contributed by atoms with Crippen molar-refractivity contribution in [3.8, 4) is 0 Å². The normalized spacial score (nSPS) is 16.3. The number of nitrogens with one attached hydrogen (secondary N) is 1. The van der Waals surface area contributed by atoms with Gasteiger partial charge in [0.1, 0.15) is 6.54 Å². The van der Waals surface area contributed by atoms with Gasteiger partial charge in [-0.15, -0.1) is 34.2 Å². The summed E-state index contributed by atoms with van der Waals surface area (Å²) in [5.41, 5.74) is 6.72. The third-order valence-corrected chi connectivity index (χ3v) is 3.48. The zero-order chi connectivity index (χ0) is 13.1. The van der Waals surface area contributed by atoms with Crippen LogP contribution in [-0.4, -0.2) is 26.6 Å². The summed E-state index contributed by atoms with van der Waals surface area (Å²) in [6, 6.07) is 6.29. The van der Waals surface area contributed by atoms with E-state index in [-0.39, 0.29) is 24.0 Å². The van der Waals surface area contributed by atoms with Crippen molar-refractivity contribution in [1.82, 2.24) is 19.9 Å². The van der Waals surface area contributed by atoms with Crippen molar-refractivity contribution in [2.24, 2.45) is 10.7 Å². The maximum Gasteiger partial charge on any atom is 0.189 e. The zero-order valence-electron chi connectivity index (χ0n) is 11.2. The molecule has 1 fully saturated rings. The highest BCUT2D eigenvalue weighted by Crippen LogP contribution is 2.17. The number of halogens is 1. The summed E-state index contributed by atoms with van der Waals surface area (Å²) in [5.74, 6) is 1.30. The fourth-order valence-corrected chi connectivity index (χ4v) is 2.48. The Morgan fingerprint density at radius 3 is 2.95 bits per heavy atom. The van der Waals surface area contributed by atoms with Crippen LogP contribution in [0.3, 0.4) is 0 Å². The number of nitrogens with two attached hydrogens (primary N) is 1. The van der Waals surface area contributed by atoms with Crippen LogP contribution in [0, 0.1) is 0 Å². The number of pyridine rings is 1. The minimum atomic E-state index is 0. The highest BCUT2D eigenvalue weighted by molar-refractivity contribution is 14.0. The van der Waals surface area contributed by atoms with Crippen LogP contribution in [0.2, 0.25) is 0 Å². The Morgan fingerprint density at radius 2 is 2.15 bits per heavy atom. The van der Waals surface area contributed by atoms with Crippen LogP contribution in [-0.2, 0) is 6.54 Å². The van der Waals surface area contributed by atoms with E-state index in [4.69, 9.17) is 5.73 Å². The molecule has 0 amide bonds. The molecule has 0 bridgehead atoms. The van der Waals surface area contributed by atoms with Crippen LogP contribution in [0.25, 0.3) is 5.65 Å². The molecular weight excluding hydrogens is 367 g/mol. The Bertz CT molecular complexity index is 587. The molecule has 3 N–H and O–H groups in total. The van der Waals surface area contributed by atoms with Crippen LogP contribution in [0.1, 0.15) is 31.5 Å². The molecule has 1 aliphatic rings. The van der Waals surface area contributed by atoms with Gasteiger partial charge in [0.25, 0.3) is 0 Å². The lowest BCUT2D eigenvalue weighted by atomic mass is 10.2. The van der Waals surface area contributed by atoms with Crippen molar-refractivity contribution >= 4 is 35.6 Å². The van der Waals surface area contributed by atoms with Gasteiger partial charge in [0.2, 0.25) is 0 Å². The van der Waals surface area contributed by atoms with Crippen molar-refractivity contribution in [3.05, 3.63) is 30.2 Å². The second-order valence-electron chi connectivity index (χ2n) is 4.87. The molecule has 2 aromatic heterocycles. The summed E-state index contributed by atoms with van der Waals surface area (Å²) < 4.78 is 1.92. The largest absolute Gasteiger partial charge is 0.370 e. The lowest BCUT2D eigenvalue weighted by Gasteiger charge is -2.11. The van der Waals surface area contributed by atoms with E-state index in [1.165, 1.54) is 25.7 Å².